The summed E-state index contributed by atoms with van der Waals surface area (Å²) in [7, 11) is 0. The van der Waals surface area contributed by atoms with Gasteiger partial charge < -0.3 is 10.2 Å². The van der Waals surface area contributed by atoms with Gasteiger partial charge in [-0.05, 0) is 24.1 Å². The van der Waals surface area contributed by atoms with Crippen LogP contribution in [0.4, 0.5) is 0 Å². The molecule has 0 saturated carbocycles. The molecule has 0 spiro atoms. The molecule has 0 saturated heterocycles. The van der Waals surface area contributed by atoms with Gasteiger partial charge in [0.2, 0.25) is 11.8 Å². The van der Waals surface area contributed by atoms with E-state index < -0.39 is 0 Å². The predicted octanol–water partition coefficient (Wildman–Crippen LogP) is 2.31. The van der Waals surface area contributed by atoms with Gasteiger partial charge in [-0.2, -0.15) is 0 Å². The Labute approximate surface area is 136 Å². The Morgan fingerprint density at radius 2 is 1.91 bits per heavy atom. The summed E-state index contributed by atoms with van der Waals surface area (Å²) >= 11 is 0. The van der Waals surface area contributed by atoms with E-state index in [1.54, 1.807) is 17.3 Å². The van der Waals surface area contributed by atoms with E-state index in [-0.39, 0.29) is 24.4 Å². The Balaban J connectivity index is 1.96. The van der Waals surface area contributed by atoms with Crippen molar-refractivity contribution >= 4 is 11.8 Å². The zero-order valence-electron chi connectivity index (χ0n) is 13.4. The van der Waals surface area contributed by atoms with E-state index in [1.807, 2.05) is 49.4 Å². The Morgan fingerprint density at radius 1 is 1.17 bits per heavy atom. The first-order valence-electron chi connectivity index (χ1n) is 7.55. The van der Waals surface area contributed by atoms with E-state index in [2.05, 4.69) is 10.3 Å². The number of benzene rings is 1. The number of aromatic nitrogens is 1. The van der Waals surface area contributed by atoms with E-state index in [1.165, 1.54) is 6.92 Å². The number of rotatable bonds is 6. The minimum absolute atomic E-state index is 0.0334. The van der Waals surface area contributed by atoms with Crippen molar-refractivity contribution in [2.45, 2.75) is 26.4 Å². The standard InChI is InChI=1S/C18H21N3O2/c1-14(17-8-4-3-5-9-17)21(15(2)22)13-18(23)20-12-16-7-6-10-19-11-16/h3-11,14H,12-13H2,1-2H3,(H,20,23). The Morgan fingerprint density at radius 3 is 2.52 bits per heavy atom. The molecule has 2 rings (SSSR count). The fraction of sp³-hybridized carbons (Fsp3) is 0.278. The maximum atomic E-state index is 12.1. The van der Waals surface area contributed by atoms with Crippen molar-refractivity contribution in [2.24, 2.45) is 0 Å². The summed E-state index contributed by atoms with van der Waals surface area (Å²) in [5, 5.41) is 2.82. The molecule has 0 aliphatic carbocycles. The molecule has 5 heteroatoms. The molecule has 2 aromatic rings. The second-order valence-corrected chi connectivity index (χ2v) is 5.37. The van der Waals surface area contributed by atoms with Gasteiger partial charge in [0.1, 0.15) is 6.54 Å². The van der Waals surface area contributed by atoms with Crippen LogP contribution < -0.4 is 5.32 Å². The highest BCUT2D eigenvalue weighted by Gasteiger charge is 2.20. The van der Waals surface area contributed by atoms with Crippen LogP contribution in [0.2, 0.25) is 0 Å². The second kappa shape index (κ2) is 8.08. The highest BCUT2D eigenvalue weighted by Crippen LogP contribution is 2.19. The molecule has 1 atom stereocenters. The molecule has 1 heterocycles. The largest absolute Gasteiger partial charge is 0.350 e. The average Bonchev–Trinajstić information content (AvgIpc) is 2.58. The normalized spacial score (nSPS) is 11.6. The van der Waals surface area contributed by atoms with Crippen LogP contribution in [0.3, 0.4) is 0 Å². The maximum absolute atomic E-state index is 12.1. The third-order valence-electron chi connectivity index (χ3n) is 3.68. The number of hydrogen-bond donors (Lipinski definition) is 1. The summed E-state index contributed by atoms with van der Waals surface area (Å²) in [6.07, 6.45) is 3.39. The molecular weight excluding hydrogens is 290 g/mol. The van der Waals surface area contributed by atoms with E-state index >= 15 is 0 Å². The third-order valence-corrected chi connectivity index (χ3v) is 3.68. The zero-order chi connectivity index (χ0) is 16.7. The Kier molecular flexibility index (Phi) is 5.86. The monoisotopic (exact) mass is 311 g/mol. The van der Waals surface area contributed by atoms with Gasteiger partial charge in [-0.1, -0.05) is 36.4 Å². The van der Waals surface area contributed by atoms with Crippen molar-refractivity contribution in [3.63, 3.8) is 0 Å². The molecule has 5 nitrogen and oxygen atoms in total. The molecule has 0 bridgehead atoms. The molecule has 2 amide bonds. The first kappa shape index (κ1) is 16.7. The Bertz CT molecular complexity index is 644. The van der Waals surface area contributed by atoms with Crippen LogP contribution in [-0.4, -0.2) is 28.2 Å². The topological polar surface area (TPSA) is 62.3 Å². The number of nitrogens with one attached hydrogen (secondary N) is 1. The van der Waals surface area contributed by atoms with Gasteiger partial charge in [-0.25, -0.2) is 0 Å². The number of nitrogens with zero attached hydrogens (tertiary/aromatic N) is 2. The summed E-state index contributed by atoms with van der Waals surface area (Å²) in [5.74, 6) is -0.315. The molecule has 1 unspecified atom stereocenters. The number of pyridine rings is 1. The smallest absolute Gasteiger partial charge is 0.239 e. The molecule has 0 aliphatic heterocycles. The zero-order valence-corrected chi connectivity index (χ0v) is 13.4. The summed E-state index contributed by atoms with van der Waals surface area (Å²) in [6, 6.07) is 13.2. The predicted molar refractivity (Wildman–Crippen MR) is 88.3 cm³/mol. The van der Waals surface area contributed by atoms with E-state index in [9.17, 15) is 9.59 Å². The van der Waals surface area contributed by atoms with Crippen LogP contribution in [-0.2, 0) is 16.1 Å². The van der Waals surface area contributed by atoms with Crippen molar-refractivity contribution < 1.29 is 9.59 Å². The van der Waals surface area contributed by atoms with Crippen molar-refractivity contribution in [3.8, 4) is 0 Å². The summed E-state index contributed by atoms with van der Waals surface area (Å²) in [6.45, 7) is 3.84. The second-order valence-electron chi connectivity index (χ2n) is 5.37. The molecule has 0 aliphatic rings. The molecule has 0 radical (unpaired) electrons. The van der Waals surface area contributed by atoms with Crippen LogP contribution in [0.1, 0.15) is 31.0 Å². The van der Waals surface area contributed by atoms with Gasteiger partial charge >= 0.3 is 0 Å². The molecule has 1 N–H and O–H groups in total. The number of carbonyl (C=O) groups is 2. The molecule has 120 valence electrons. The number of amides is 2. The summed E-state index contributed by atoms with van der Waals surface area (Å²) in [4.78, 5) is 29.6. The SMILES string of the molecule is CC(=O)N(CC(=O)NCc1cccnc1)C(C)c1ccccc1. The fourth-order valence-electron chi connectivity index (χ4n) is 2.35. The molecule has 0 fully saturated rings. The van der Waals surface area contributed by atoms with Crippen LogP contribution in [0.5, 0.6) is 0 Å². The highest BCUT2D eigenvalue weighted by atomic mass is 16.2. The lowest BCUT2D eigenvalue weighted by atomic mass is 10.1. The van der Waals surface area contributed by atoms with Crippen LogP contribution in [0.25, 0.3) is 0 Å². The number of hydrogen-bond acceptors (Lipinski definition) is 3. The van der Waals surface area contributed by atoms with E-state index in [0.29, 0.717) is 6.54 Å². The third kappa shape index (κ3) is 4.92. The first-order valence-corrected chi connectivity index (χ1v) is 7.55. The first-order chi connectivity index (χ1) is 11.1. The van der Waals surface area contributed by atoms with Gasteiger partial charge in [0.05, 0.1) is 6.04 Å². The quantitative estimate of drug-likeness (QED) is 0.890. The molecule has 1 aromatic heterocycles. The van der Waals surface area contributed by atoms with Crippen molar-refractivity contribution in [1.82, 2.24) is 15.2 Å². The van der Waals surface area contributed by atoms with E-state index in [0.717, 1.165) is 11.1 Å². The van der Waals surface area contributed by atoms with Crippen LogP contribution in [0, 0.1) is 0 Å². The van der Waals surface area contributed by atoms with Gasteiger partial charge in [-0.3, -0.25) is 14.6 Å². The van der Waals surface area contributed by atoms with Crippen LogP contribution in [0.15, 0.2) is 54.9 Å². The minimum atomic E-state index is -0.188. The fourth-order valence-corrected chi connectivity index (χ4v) is 2.35. The van der Waals surface area contributed by atoms with Crippen molar-refractivity contribution in [3.05, 3.63) is 66.0 Å². The van der Waals surface area contributed by atoms with Gasteiger partial charge in [0.25, 0.3) is 0 Å². The molecule has 23 heavy (non-hydrogen) atoms. The van der Waals surface area contributed by atoms with Gasteiger partial charge in [0, 0.05) is 25.9 Å². The lowest BCUT2D eigenvalue weighted by molar-refractivity contribution is -0.136. The lowest BCUT2D eigenvalue weighted by Crippen LogP contribution is -2.40. The Hall–Kier alpha value is -2.69. The van der Waals surface area contributed by atoms with E-state index in [4.69, 9.17) is 0 Å². The molecule has 1 aromatic carbocycles. The minimum Gasteiger partial charge on any atom is -0.350 e. The highest BCUT2D eigenvalue weighted by molar-refractivity contribution is 5.84. The molecular formula is C18H21N3O2. The lowest BCUT2D eigenvalue weighted by Gasteiger charge is -2.28. The van der Waals surface area contributed by atoms with Crippen LogP contribution >= 0.6 is 0 Å². The maximum Gasteiger partial charge on any atom is 0.239 e. The summed E-state index contributed by atoms with van der Waals surface area (Å²) in [5.41, 5.74) is 1.93. The van der Waals surface area contributed by atoms with Gasteiger partial charge in [0.15, 0.2) is 0 Å². The number of carbonyl (C=O) groups excluding carboxylic acids is 2. The van der Waals surface area contributed by atoms with Crippen molar-refractivity contribution in [1.29, 1.82) is 0 Å². The summed E-state index contributed by atoms with van der Waals surface area (Å²) < 4.78 is 0. The van der Waals surface area contributed by atoms with Gasteiger partial charge in [-0.15, -0.1) is 0 Å². The average molecular weight is 311 g/mol. The van der Waals surface area contributed by atoms with Crippen molar-refractivity contribution in [2.75, 3.05) is 6.54 Å².